The lowest BCUT2D eigenvalue weighted by Gasteiger charge is -2.15. The molecule has 0 aliphatic carbocycles. The monoisotopic (exact) mass is 431 g/mol. The summed E-state index contributed by atoms with van der Waals surface area (Å²) in [5, 5.41) is 6.28. The zero-order valence-electron chi connectivity index (χ0n) is 15.0. The molecule has 8 nitrogen and oxygen atoms in total. The Kier molecular flexibility index (Phi) is 5.92. The van der Waals surface area contributed by atoms with Gasteiger partial charge in [-0.15, -0.1) is 0 Å². The van der Waals surface area contributed by atoms with E-state index >= 15 is 0 Å². The van der Waals surface area contributed by atoms with E-state index in [1.54, 1.807) is 45.9 Å². The second-order valence-electron chi connectivity index (χ2n) is 5.27. The van der Waals surface area contributed by atoms with E-state index < -0.39 is 0 Å². The van der Waals surface area contributed by atoms with Crippen LogP contribution < -0.4 is 24.8 Å². The van der Waals surface area contributed by atoms with Gasteiger partial charge in [0.25, 0.3) is 0 Å². The summed E-state index contributed by atoms with van der Waals surface area (Å²) in [6.45, 7) is 0. The molecule has 27 heavy (non-hydrogen) atoms. The van der Waals surface area contributed by atoms with Gasteiger partial charge in [-0.1, -0.05) is 6.07 Å². The number of hydrogen-bond donors (Lipinski definition) is 2. The first-order chi connectivity index (χ1) is 13.1. The van der Waals surface area contributed by atoms with Gasteiger partial charge >= 0.3 is 0 Å². The zero-order chi connectivity index (χ0) is 19.2. The first kappa shape index (κ1) is 18.7. The number of anilines is 4. The van der Waals surface area contributed by atoms with E-state index in [-0.39, 0.29) is 0 Å². The molecule has 0 spiro atoms. The molecule has 3 rings (SSSR count). The molecule has 140 valence electrons. The van der Waals surface area contributed by atoms with Crippen molar-refractivity contribution in [3.63, 3.8) is 0 Å². The quantitative estimate of drug-likeness (QED) is 0.576. The van der Waals surface area contributed by atoms with Crippen molar-refractivity contribution in [2.75, 3.05) is 32.0 Å². The second kappa shape index (κ2) is 8.54. The number of halogens is 1. The van der Waals surface area contributed by atoms with Crippen LogP contribution in [-0.4, -0.2) is 36.3 Å². The van der Waals surface area contributed by atoms with Gasteiger partial charge in [-0.3, -0.25) is 0 Å². The highest BCUT2D eigenvalue weighted by Crippen LogP contribution is 2.40. The standard InChI is InChI=1S/C18H18BrN5O3/c1-25-13-8-11(9-14(26-2)16(13)27-3)22-18-21-10-12(19)17(24-18)23-15-6-4-5-7-20-15/h4-10H,1-3H3,(H2,20,21,22,23,24). The van der Waals surface area contributed by atoms with E-state index in [1.807, 2.05) is 18.2 Å². The van der Waals surface area contributed by atoms with Crippen molar-refractivity contribution >= 4 is 39.2 Å². The summed E-state index contributed by atoms with van der Waals surface area (Å²) in [5.41, 5.74) is 0.690. The fraction of sp³-hybridized carbons (Fsp3) is 0.167. The Balaban J connectivity index is 1.89. The predicted octanol–water partition coefficient (Wildman–Crippen LogP) is 4.15. The van der Waals surface area contributed by atoms with Crippen molar-refractivity contribution in [3.8, 4) is 17.2 Å². The number of nitrogens with one attached hydrogen (secondary N) is 2. The first-order valence-corrected chi connectivity index (χ1v) is 8.71. The molecule has 1 aromatic carbocycles. The zero-order valence-corrected chi connectivity index (χ0v) is 16.6. The number of benzene rings is 1. The molecule has 2 N–H and O–H groups in total. The summed E-state index contributed by atoms with van der Waals surface area (Å²) in [7, 11) is 4.68. The van der Waals surface area contributed by atoms with Crippen molar-refractivity contribution in [1.29, 1.82) is 0 Å². The van der Waals surface area contributed by atoms with Crippen molar-refractivity contribution in [2.24, 2.45) is 0 Å². The SMILES string of the molecule is COc1cc(Nc2ncc(Br)c(Nc3ccccn3)n2)cc(OC)c1OC. The van der Waals surface area contributed by atoms with Gasteiger partial charge in [0, 0.05) is 30.2 Å². The van der Waals surface area contributed by atoms with Gasteiger partial charge < -0.3 is 24.8 Å². The smallest absolute Gasteiger partial charge is 0.229 e. The molecule has 0 aliphatic rings. The van der Waals surface area contributed by atoms with Crippen LogP contribution in [0.1, 0.15) is 0 Å². The van der Waals surface area contributed by atoms with Crippen LogP contribution >= 0.6 is 15.9 Å². The summed E-state index contributed by atoms with van der Waals surface area (Å²) in [5.74, 6) is 3.23. The Morgan fingerprint density at radius 3 is 2.26 bits per heavy atom. The maximum Gasteiger partial charge on any atom is 0.229 e. The highest BCUT2D eigenvalue weighted by atomic mass is 79.9. The molecule has 0 aliphatic heterocycles. The van der Waals surface area contributed by atoms with Gasteiger partial charge in [0.2, 0.25) is 11.7 Å². The third-order valence-electron chi connectivity index (χ3n) is 3.58. The minimum Gasteiger partial charge on any atom is -0.493 e. The fourth-order valence-electron chi connectivity index (χ4n) is 2.36. The lowest BCUT2D eigenvalue weighted by Crippen LogP contribution is -2.03. The molecule has 2 heterocycles. The van der Waals surface area contributed by atoms with Crippen LogP contribution in [0.3, 0.4) is 0 Å². The largest absolute Gasteiger partial charge is 0.493 e. The number of hydrogen-bond acceptors (Lipinski definition) is 8. The summed E-state index contributed by atoms with van der Waals surface area (Å²) in [6.07, 6.45) is 3.35. The van der Waals surface area contributed by atoms with Gasteiger partial charge in [0.1, 0.15) is 5.82 Å². The Morgan fingerprint density at radius 2 is 1.67 bits per heavy atom. The van der Waals surface area contributed by atoms with E-state index in [1.165, 1.54) is 0 Å². The van der Waals surface area contributed by atoms with Crippen LogP contribution in [0.15, 0.2) is 47.2 Å². The molecule has 3 aromatic rings. The van der Waals surface area contributed by atoms with Crippen molar-refractivity contribution in [3.05, 3.63) is 47.2 Å². The average Bonchev–Trinajstić information content (AvgIpc) is 2.70. The summed E-state index contributed by atoms with van der Waals surface area (Å²) in [6, 6.07) is 9.13. The van der Waals surface area contributed by atoms with Gasteiger partial charge in [-0.05, 0) is 28.1 Å². The van der Waals surface area contributed by atoms with E-state index in [0.29, 0.717) is 45.0 Å². The van der Waals surface area contributed by atoms with Crippen LogP contribution in [0.25, 0.3) is 0 Å². The lowest BCUT2D eigenvalue weighted by molar-refractivity contribution is 0.324. The number of nitrogens with zero attached hydrogens (tertiary/aromatic N) is 3. The van der Waals surface area contributed by atoms with Crippen molar-refractivity contribution in [2.45, 2.75) is 0 Å². The number of pyridine rings is 1. The van der Waals surface area contributed by atoms with E-state index in [4.69, 9.17) is 14.2 Å². The molecule has 2 aromatic heterocycles. The highest BCUT2D eigenvalue weighted by molar-refractivity contribution is 9.10. The number of ether oxygens (including phenoxy) is 3. The van der Waals surface area contributed by atoms with E-state index in [2.05, 4.69) is 41.5 Å². The molecule has 0 saturated carbocycles. The maximum atomic E-state index is 5.37. The molecule has 0 saturated heterocycles. The van der Waals surface area contributed by atoms with E-state index in [0.717, 1.165) is 0 Å². The van der Waals surface area contributed by atoms with Gasteiger partial charge in [0.15, 0.2) is 17.3 Å². The van der Waals surface area contributed by atoms with Gasteiger partial charge in [0.05, 0.1) is 25.8 Å². The van der Waals surface area contributed by atoms with Gasteiger partial charge in [-0.2, -0.15) is 4.98 Å². The van der Waals surface area contributed by atoms with E-state index in [9.17, 15) is 0 Å². The Hall–Kier alpha value is -3.07. The molecule has 0 radical (unpaired) electrons. The third-order valence-corrected chi connectivity index (χ3v) is 4.16. The van der Waals surface area contributed by atoms with Crippen LogP contribution in [0.2, 0.25) is 0 Å². The second-order valence-corrected chi connectivity index (χ2v) is 6.12. The maximum absolute atomic E-state index is 5.37. The minimum atomic E-state index is 0.394. The molecule has 0 unspecified atom stereocenters. The molecular formula is C18H18BrN5O3. The van der Waals surface area contributed by atoms with Gasteiger partial charge in [-0.25, -0.2) is 9.97 Å². The Morgan fingerprint density at radius 1 is 0.926 bits per heavy atom. The number of aromatic nitrogens is 3. The van der Waals surface area contributed by atoms with Crippen LogP contribution in [0.4, 0.5) is 23.3 Å². The predicted molar refractivity (Wildman–Crippen MR) is 107 cm³/mol. The third kappa shape index (κ3) is 4.37. The number of methoxy groups -OCH3 is 3. The molecule has 9 heteroatoms. The summed E-state index contributed by atoms with van der Waals surface area (Å²) >= 11 is 3.44. The molecule has 0 amide bonds. The van der Waals surface area contributed by atoms with Crippen LogP contribution in [-0.2, 0) is 0 Å². The van der Waals surface area contributed by atoms with Crippen LogP contribution in [0.5, 0.6) is 17.2 Å². The molecule has 0 fully saturated rings. The normalized spacial score (nSPS) is 10.2. The molecular weight excluding hydrogens is 414 g/mol. The minimum absolute atomic E-state index is 0.394. The highest BCUT2D eigenvalue weighted by Gasteiger charge is 2.14. The topological polar surface area (TPSA) is 90.4 Å². The fourth-order valence-corrected chi connectivity index (χ4v) is 2.65. The molecule has 0 bridgehead atoms. The van der Waals surface area contributed by atoms with Crippen molar-refractivity contribution in [1.82, 2.24) is 15.0 Å². The van der Waals surface area contributed by atoms with Crippen molar-refractivity contribution < 1.29 is 14.2 Å². The summed E-state index contributed by atoms with van der Waals surface area (Å²) in [4.78, 5) is 13.0. The first-order valence-electron chi connectivity index (χ1n) is 7.92. The summed E-state index contributed by atoms with van der Waals surface area (Å²) < 4.78 is 16.8. The molecule has 0 atom stereocenters. The number of rotatable bonds is 7. The Labute approximate surface area is 165 Å². The average molecular weight is 432 g/mol. The lowest BCUT2D eigenvalue weighted by atomic mass is 10.2. The van der Waals surface area contributed by atoms with Crippen LogP contribution in [0, 0.1) is 0 Å². The Bertz CT molecular complexity index is 899.